The summed E-state index contributed by atoms with van der Waals surface area (Å²) >= 11 is 16.9. The zero-order chi connectivity index (χ0) is 14.3. The minimum Gasteiger partial charge on any atom is -0.508 e. The average Bonchev–Trinajstić information content (AvgIpc) is 2.83. The van der Waals surface area contributed by atoms with Crippen molar-refractivity contribution >= 4 is 52.1 Å². The summed E-state index contributed by atoms with van der Waals surface area (Å²) in [6.07, 6.45) is 0.400. The molecule has 0 saturated heterocycles. The van der Waals surface area contributed by atoms with Gasteiger partial charge >= 0.3 is 0 Å². The molecule has 3 N–H and O–H groups in total. The van der Waals surface area contributed by atoms with Crippen molar-refractivity contribution < 1.29 is 9.90 Å². The third-order valence-corrected chi connectivity index (χ3v) is 4.42. The first-order valence-electron chi connectivity index (χ1n) is 5.54. The van der Waals surface area contributed by atoms with Crippen LogP contribution in [0.3, 0.4) is 0 Å². The number of carbonyl (C=O) groups excluding carboxylic acids is 1. The maximum Gasteiger partial charge on any atom is 0.235 e. The standard InChI is InChI=1S/C12H12Cl2N2O2S/c1-11(6-12(11,13)14)9(18)16-10(19)15-7-2-4-8(17)5-3-7/h2-5,17H,6H2,1H3,(H2,15,16,18,19). The maximum absolute atomic E-state index is 11.9. The summed E-state index contributed by atoms with van der Waals surface area (Å²) in [5, 5.41) is 14.7. The van der Waals surface area contributed by atoms with Crippen molar-refractivity contribution in [3.8, 4) is 5.75 Å². The van der Waals surface area contributed by atoms with Gasteiger partial charge in [0.1, 0.15) is 10.1 Å². The largest absolute Gasteiger partial charge is 0.508 e. The molecule has 1 amide bonds. The van der Waals surface area contributed by atoms with Gasteiger partial charge in [0.15, 0.2) is 5.11 Å². The summed E-state index contributed by atoms with van der Waals surface area (Å²) in [6.45, 7) is 1.69. The highest BCUT2D eigenvalue weighted by Crippen LogP contribution is 2.63. The summed E-state index contributed by atoms with van der Waals surface area (Å²) in [5.74, 6) is -0.158. The fourth-order valence-electron chi connectivity index (χ4n) is 1.59. The Hall–Kier alpha value is -1.04. The molecule has 19 heavy (non-hydrogen) atoms. The van der Waals surface area contributed by atoms with Crippen LogP contribution in [0.2, 0.25) is 0 Å². The van der Waals surface area contributed by atoms with Gasteiger partial charge in [0.25, 0.3) is 0 Å². The van der Waals surface area contributed by atoms with E-state index < -0.39 is 9.75 Å². The van der Waals surface area contributed by atoms with Gasteiger partial charge in [-0.1, -0.05) is 0 Å². The molecule has 0 bridgehead atoms. The van der Waals surface area contributed by atoms with Gasteiger partial charge in [-0.05, 0) is 49.8 Å². The number of phenolic OH excluding ortho intramolecular Hbond substituents is 1. The molecular formula is C12H12Cl2N2O2S. The molecule has 1 aromatic rings. The van der Waals surface area contributed by atoms with Crippen molar-refractivity contribution in [3.63, 3.8) is 0 Å². The molecule has 0 aliphatic heterocycles. The van der Waals surface area contributed by atoms with Crippen molar-refractivity contribution in [1.82, 2.24) is 5.32 Å². The molecule has 0 radical (unpaired) electrons. The third-order valence-electron chi connectivity index (χ3n) is 3.11. The number of anilines is 1. The average molecular weight is 319 g/mol. The summed E-state index contributed by atoms with van der Waals surface area (Å²) in [6, 6.07) is 6.30. The fourth-order valence-corrected chi connectivity index (χ4v) is 2.51. The lowest BCUT2D eigenvalue weighted by molar-refractivity contribution is -0.124. The minimum atomic E-state index is -1.02. The molecule has 4 nitrogen and oxygen atoms in total. The van der Waals surface area contributed by atoms with E-state index in [1.165, 1.54) is 12.1 Å². The Labute approximate surface area is 126 Å². The van der Waals surface area contributed by atoms with Crippen molar-refractivity contribution in [2.75, 3.05) is 5.32 Å². The SMILES string of the molecule is CC1(C(=O)NC(=S)Nc2ccc(O)cc2)CC1(Cl)Cl. The van der Waals surface area contributed by atoms with E-state index in [9.17, 15) is 4.79 Å². The van der Waals surface area contributed by atoms with E-state index in [2.05, 4.69) is 10.6 Å². The Morgan fingerprint density at radius 2 is 1.89 bits per heavy atom. The van der Waals surface area contributed by atoms with Crippen molar-refractivity contribution in [3.05, 3.63) is 24.3 Å². The summed E-state index contributed by atoms with van der Waals surface area (Å²) in [4.78, 5) is 11.9. The Balaban J connectivity index is 1.92. The Morgan fingerprint density at radius 1 is 1.37 bits per heavy atom. The Kier molecular flexibility index (Phi) is 3.64. The lowest BCUT2D eigenvalue weighted by atomic mass is 10.1. The second-order valence-corrected chi connectivity index (χ2v) is 6.56. The van der Waals surface area contributed by atoms with Crippen LogP contribution in [0.15, 0.2) is 24.3 Å². The van der Waals surface area contributed by atoms with E-state index in [0.717, 1.165) is 0 Å². The highest BCUT2D eigenvalue weighted by Gasteiger charge is 2.68. The number of carbonyl (C=O) groups is 1. The van der Waals surface area contributed by atoms with Crippen LogP contribution in [0, 0.1) is 5.41 Å². The quantitative estimate of drug-likeness (QED) is 0.446. The van der Waals surface area contributed by atoms with Gasteiger partial charge in [-0.15, -0.1) is 23.2 Å². The van der Waals surface area contributed by atoms with Crippen molar-refractivity contribution in [2.45, 2.75) is 17.7 Å². The van der Waals surface area contributed by atoms with Gasteiger partial charge in [-0.3, -0.25) is 4.79 Å². The summed E-state index contributed by atoms with van der Waals surface area (Å²) < 4.78 is -1.02. The molecular weight excluding hydrogens is 307 g/mol. The number of alkyl halides is 2. The van der Waals surface area contributed by atoms with Crippen molar-refractivity contribution in [1.29, 1.82) is 0 Å². The lowest BCUT2D eigenvalue weighted by Crippen LogP contribution is -2.40. The van der Waals surface area contributed by atoms with Gasteiger partial charge < -0.3 is 15.7 Å². The number of hydrogen-bond donors (Lipinski definition) is 3. The second kappa shape index (κ2) is 4.81. The Morgan fingerprint density at radius 3 is 2.37 bits per heavy atom. The molecule has 102 valence electrons. The topological polar surface area (TPSA) is 61.4 Å². The predicted molar refractivity (Wildman–Crippen MR) is 79.6 cm³/mol. The van der Waals surface area contributed by atoms with Crippen molar-refractivity contribution in [2.24, 2.45) is 5.41 Å². The third kappa shape index (κ3) is 2.94. The smallest absolute Gasteiger partial charge is 0.235 e. The molecule has 1 aromatic carbocycles. The van der Waals surface area contributed by atoms with E-state index in [1.54, 1.807) is 19.1 Å². The summed E-state index contributed by atoms with van der Waals surface area (Å²) in [7, 11) is 0. The van der Waals surface area contributed by atoms with Gasteiger partial charge in [-0.25, -0.2) is 0 Å². The molecule has 1 unspecified atom stereocenters. The number of amides is 1. The number of halogens is 2. The number of aromatic hydroxyl groups is 1. The predicted octanol–water partition coefficient (Wildman–Crippen LogP) is 2.79. The molecule has 0 heterocycles. The van der Waals surface area contributed by atoms with E-state index >= 15 is 0 Å². The first-order chi connectivity index (χ1) is 8.74. The fraction of sp³-hybridized carbons (Fsp3) is 0.333. The van der Waals surface area contributed by atoms with Crippen LogP contribution in [0.4, 0.5) is 5.69 Å². The van der Waals surface area contributed by atoms with Crippen LogP contribution in [-0.2, 0) is 4.79 Å². The van der Waals surface area contributed by atoms with Gasteiger partial charge in [0, 0.05) is 5.69 Å². The zero-order valence-electron chi connectivity index (χ0n) is 10.0. The monoisotopic (exact) mass is 318 g/mol. The second-order valence-electron chi connectivity index (χ2n) is 4.67. The molecule has 1 fully saturated rings. The molecule has 0 spiro atoms. The van der Waals surface area contributed by atoms with E-state index in [-0.39, 0.29) is 16.8 Å². The highest BCUT2D eigenvalue weighted by atomic mass is 35.5. The van der Waals surface area contributed by atoms with E-state index in [0.29, 0.717) is 12.1 Å². The summed E-state index contributed by atoms with van der Waals surface area (Å²) in [5.41, 5.74) is -0.149. The van der Waals surface area contributed by atoms with Crippen LogP contribution in [0.25, 0.3) is 0 Å². The Bertz CT molecular complexity index is 533. The molecule has 7 heteroatoms. The minimum absolute atomic E-state index is 0.153. The molecule has 1 atom stereocenters. The number of hydrogen-bond acceptors (Lipinski definition) is 3. The zero-order valence-corrected chi connectivity index (χ0v) is 12.4. The van der Waals surface area contributed by atoms with Gasteiger partial charge in [0.05, 0.1) is 5.41 Å². The van der Waals surface area contributed by atoms with E-state index in [4.69, 9.17) is 40.5 Å². The number of rotatable bonds is 2. The van der Waals surface area contributed by atoms with Crippen LogP contribution in [0.5, 0.6) is 5.75 Å². The molecule has 1 saturated carbocycles. The highest BCUT2D eigenvalue weighted by molar-refractivity contribution is 7.80. The number of thiocarbonyl (C=S) groups is 1. The number of phenols is 1. The first-order valence-corrected chi connectivity index (χ1v) is 6.70. The van der Waals surface area contributed by atoms with Crippen LogP contribution in [0.1, 0.15) is 13.3 Å². The van der Waals surface area contributed by atoms with Crippen LogP contribution < -0.4 is 10.6 Å². The molecule has 2 rings (SSSR count). The normalized spacial score (nSPS) is 23.5. The lowest BCUT2D eigenvalue weighted by Gasteiger charge is -2.14. The van der Waals surface area contributed by atoms with Gasteiger partial charge in [-0.2, -0.15) is 0 Å². The van der Waals surface area contributed by atoms with Crippen LogP contribution in [-0.4, -0.2) is 20.5 Å². The molecule has 0 aromatic heterocycles. The molecule has 1 aliphatic carbocycles. The number of nitrogens with one attached hydrogen (secondary N) is 2. The van der Waals surface area contributed by atoms with Crippen LogP contribution >= 0.6 is 35.4 Å². The molecule has 1 aliphatic rings. The number of benzene rings is 1. The maximum atomic E-state index is 11.9. The van der Waals surface area contributed by atoms with Gasteiger partial charge in [0.2, 0.25) is 5.91 Å². The first kappa shape index (κ1) is 14.4. The van der Waals surface area contributed by atoms with E-state index in [1.807, 2.05) is 0 Å².